The van der Waals surface area contributed by atoms with Gasteiger partial charge >= 0.3 is 6.03 Å². The summed E-state index contributed by atoms with van der Waals surface area (Å²) in [5, 5.41) is 15.0. The zero-order valence-electron chi connectivity index (χ0n) is 13.1. The third-order valence-corrected chi connectivity index (χ3v) is 3.62. The van der Waals surface area contributed by atoms with Gasteiger partial charge in [-0.3, -0.25) is 0 Å². The lowest BCUT2D eigenvalue weighted by atomic mass is 10.1. The molecular formula is C17H22N2O3. The minimum Gasteiger partial charge on any atom is -0.466 e. The summed E-state index contributed by atoms with van der Waals surface area (Å²) in [7, 11) is 0. The van der Waals surface area contributed by atoms with Crippen LogP contribution in [0.25, 0.3) is 0 Å². The van der Waals surface area contributed by atoms with Crippen molar-refractivity contribution in [2.75, 3.05) is 0 Å². The van der Waals surface area contributed by atoms with Gasteiger partial charge in [0.05, 0.1) is 12.6 Å². The molecule has 0 aliphatic rings. The van der Waals surface area contributed by atoms with Gasteiger partial charge in [-0.05, 0) is 38.0 Å². The molecule has 0 radical (unpaired) electrons. The van der Waals surface area contributed by atoms with E-state index >= 15 is 0 Å². The Kier molecular flexibility index (Phi) is 5.22. The molecule has 0 spiro atoms. The molecule has 2 amide bonds. The van der Waals surface area contributed by atoms with Crippen LogP contribution in [0.4, 0.5) is 4.79 Å². The Balaban J connectivity index is 1.91. The standard InChI is InChI=1S/C17H22N2O3/c1-11-8-16(13(3)22-11)12(2)19-17(21)18-9-14-6-4-5-7-15(14)10-20/h4-8,12,20H,9-10H2,1-3H3,(H2,18,19,21). The highest BCUT2D eigenvalue weighted by Gasteiger charge is 2.15. The van der Waals surface area contributed by atoms with Crippen LogP contribution in [-0.4, -0.2) is 11.1 Å². The van der Waals surface area contributed by atoms with Crippen LogP contribution in [0.15, 0.2) is 34.7 Å². The largest absolute Gasteiger partial charge is 0.466 e. The zero-order valence-corrected chi connectivity index (χ0v) is 13.1. The Hall–Kier alpha value is -2.27. The highest BCUT2D eigenvalue weighted by Crippen LogP contribution is 2.20. The molecule has 1 unspecified atom stereocenters. The molecule has 118 valence electrons. The van der Waals surface area contributed by atoms with Gasteiger partial charge in [-0.15, -0.1) is 0 Å². The van der Waals surface area contributed by atoms with Crippen LogP contribution in [0.3, 0.4) is 0 Å². The highest BCUT2D eigenvalue weighted by atomic mass is 16.3. The number of carbonyl (C=O) groups excluding carboxylic acids is 1. The lowest BCUT2D eigenvalue weighted by Crippen LogP contribution is -2.36. The average molecular weight is 302 g/mol. The fourth-order valence-corrected chi connectivity index (χ4v) is 2.47. The van der Waals surface area contributed by atoms with Gasteiger partial charge in [0.25, 0.3) is 0 Å². The second-order valence-electron chi connectivity index (χ2n) is 5.34. The third kappa shape index (κ3) is 3.89. The van der Waals surface area contributed by atoms with Gasteiger partial charge in [0.15, 0.2) is 0 Å². The number of amides is 2. The molecule has 0 aliphatic carbocycles. The summed E-state index contributed by atoms with van der Waals surface area (Å²) in [4.78, 5) is 12.0. The normalized spacial score (nSPS) is 12.0. The number of benzene rings is 1. The first-order valence-electron chi connectivity index (χ1n) is 7.30. The number of aryl methyl sites for hydroxylation is 2. The molecule has 0 saturated carbocycles. The van der Waals surface area contributed by atoms with Crippen LogP contribution in [0, 0.1) is 13.8 Å². The Morgan fingerprint density at radius 2 is 1.95 bits per heavy atom. The van der Waals surface area contributed by atoms with Crippen LogP contribution in [0.5, 0.6) is 0 Å². The van der Waals surface area contributed by atoms with Crippen molar-refractivity contribution in [2.45, 2.75) is 40.0 Å². The van der Waals surface area contributed by atoms with E-state index in [1.807, 2.05) is 51.1 Å². The molecular weight excluding hydrogens is 280 g/mol. The summed E-state index contributed by atoms with van der Waals surface area (Å²) in [6.07, 6.45) is 0. The molecule has 5 nitrogen and oxygen atoms in total. The number of urea groups is 1. The molecule has 1 atom stereocenters. The van der Waals surface area contributed by atoms with Gasteiger partial charge in [-0.1, -0.05) is 24.3 Å². The van der Waals surface area contributed by atoms with Crippen molar-refractivity contribution in [3.05, 3.63) is 58.5 Å². The van der Waals surface area contributed by atoms with Gasteiger partial charge in [0, 0.05) is 12.1 Å². The summed E-state index contributed by atoms with van der Waals surface area (Å²) in [5.41, 5.74) is 2.70. The lowest BCUT2D eigenvalue weighted by molar-refractivity contribution is 0.237. The number of rotatable bonds is 5. The van der Waals surface area contributed by atoms with E-state index in [0.717, 1.165) is 28.2 Å². The summed E-state index contributed by atoms with van der Waals surface area (Å²) >= 11 is 0. The molecule has 0 saturated heterocycles. The number of hydrogen-bond donors (Lipinski definition) is 3. The van der Waals surface area contributed by atoms with Gasteiger partial charge in [-0.25, -0.2) is 4.79 Å². The molecule has 2 aromatic rings. The maximum Gasteiger partial charge on any atom is 0.315 e. The second kappa shape index (κ2) is 7.13. The minimum atomic E-state index is -0.251. The van der Waals surface area contributed by atoms with Gasteiger partial charge in [0.2, 0.25) is 0 Å². The Labute approximate surface area is 130 Å². The smallest absolute Gasteiger partial charge is 0.315 e. The van der Waals surface area contributed by atoms with Crippen molar-refractivity contribution < 1.29 is 14.3 Å². The molecule has 0 aliphatic heterocycles. The van der Waals surface area contributed by atoms with E-state index in [-0.39, 0.29) is 18.7 Å². The highest BCUT2D eigenvalue weighted by molar-refractivity contribution is 5.74. The van der Waals surface area contributed by atoms with E-state index in [9.17, 15) is 9.90 Å². The van der Waals surface area contributed by atoms with E-state index < -0.39 is 0 Å². The Bertz CT molecular complexity index is 649. The first-order valence-corrected chi connectivity index (χ1v) is 7.30. The molecule has 22 heavy (non-hydrogen) atoms. The fraction of sp³-hybridized carbons (Fsp3) is 0.353. The van der Waals surface area contributed by atoms with Crippen molar-refractivity contribution in [2.24, 2.45) is 0 Å². The topological polar surface area (TPSA) is 74.5 Å². The van der Waals surface area contributed by atoms with Crippen LogP contribution >= 0.6 is 0 Å². The molecule has 1 heterocycles. The number of nitrogens with one attached hydrogen (secondary N) is 2. The predicted octanol–water partition coefficient (Wildman–Crippen LogP) is 2.95. The molecule has 0 fully saturated rings. The zero-order chi connectivity index (χ0) is 16.1. The molecule has 5 heteroatoms. The van der Waals surface area contributed by atoms with Crippen molar-refractivity contribution in [1.29, 1.82) is 0 Å². The predicted molar refractivity (Wildman–Crippen MR) is 84.3 cm³/mol. The summed E-state index contributed by atoms with van der Waals surface area (Å²) in [6, 6.07) is 9.02. The van der Waals surface area contributed by atoms with Crippen molar-refractivity contribution >= 4 is 6.03 Å². The van der Waals surface area contributed by atoms with Crippen LogP contribution in [0.1, 0.15) is 41.2 Å². The number of carbonyl (C=O) groups is 1. The molecule has 2 rings (SSSR count). The van der Waals surface area contributed by atoms with Gasteiger partial charge in [0.1, 0.15) is 11.5 Å². The number of aliphatic hydroxyl groups is 1. The monoisotopic (exact) mass is 302 g/mol. The number of aliphatic hydroxyl groups excluding tert-OH is 1. The van der Waals surface area contributed by atoms with Crippen molar-refractivity contribution in [1.82, 2.24) is 10.6 Å². The fourth-order valence-electron chi connectivity index (χ4n) is 2.47. The van der Waals surface area contributed by atoms with Crippen molar-refractivity contribution in [3.8, 4) is 0 Å². The van der Waals surface area contributed by atoms with Crippen molar-refractivity contribution in [3.63, 3.8) is 0 Å². The van der Waals surface area contributed by atoms with E-state index in [0.29, 0.717) is 6.54 Å². The average Bonchev–Trinajstić information content (AvgIpc) is 2.84. The van der Waals surface area contributed by atoms with E-state index in [4.69, 9.17) is 4.42 Å². The van der Waals surface area contributed by atoms with Crippen LogP contribution in [0.2, 0.25) is 0 Å². The maximum atomic E-state index is 12.0. The molecule has 3 N–H and O–H groups in total. The summed E-state index contributed by atoms with van der Waals surface area (Å²) < 4.78 is 5.48. The maximum absolute atomic E-state index is 12.0. The SMILES string of the molecule is Cc1cc(C(C)NC(=O)NCc2ccccc2CO)c(C)o1. The molecule has 1 aromatic heterocycles. The van der Waals surface area contributed by atoms with E-state index in [1.54, 1.807) is 0 Å². The van der Waals surface area contributed by atoms with Crippen LogP contribution < -0.4 is 10.6 Å². The van der Waals surface area contributed by atoms with Gasteiger partial charge < -0.3 is 20.2 Å². The van der Waals surface area contributed by atoms with E-state index in [1.165, 1.54) is 0 Å². The van der Waals surface area contributed by atoms with Gasteiger partial charge in [-0.2, -0.15) is 0 Å². The first-order chi connectivity index (χ1) is 10.5. The van der Waals surface area contributed by atoms with E-state index in [2.05, 4.69) is 10.6 Å². The van der Waals surface area contributed by atoms with Crippen LogP contribution in [-0.2, 0) is 13.2 Å². The second-order valence-corrected chi connectivity index (χ2v) is 5.34. The Morgan fingerprint density at radius 1 is 1.27 bits per heavy atom. The third-order valence-electron chi connectivity index (χ3n) is 3.62. The lowest BCUT2D eigenvalue weighted by Gasteiger charge is -2.15. The first kappa shape index (κ1) is 16.1. The summed E-state index contributed by atoms with van der Waals surface area (Å²) in [6.45, 7) is 6.02. The number of furan rings is 1. The summed E-state index contributed by atoms with van der Waals surface area (Å²) in [5.74, 6) is 1.65. The minimum absolute atomic E-state index is 0.0383. The number of hydrogen-bond acceptors (Lipinski definition) is 3. The Morgan fingerprint density at radius 3 is 2.55 bits per heavy atom. The molecule has 1 aromatic carbocycles. The molecule has 0 bridgehead atoms. The quantitative estimate of drug-likeness (QED) is 0.795.